The number of nitro benzene ring substituents is 1. The van der Waals surface area contributed by atoms with Crippen LogP contribution in [0.3, 0.4) is 0 Å². The Bertz CT molecular complexity index is 979. The quantitative estimate of drug-likeness (QED) is 0.245. The molecule has 10 heteroatoms. The van der Waals surface area contributed by atoms with Crippen LogP contribution in [0.25, 0.3) is 0 Å². The lowest BCUT2D eigenvalue weighted by Crippen LogP contribution is -2.29. The van der Waals surface area contributed by atoms with Crippen molar-refractivity contribution in [3.05, 3.63) is 68.7 Å². The summed E-state index contributed by atoms with van der Waals surface area (Å²) >= 11 is 5.98. The standard InChI is InChI=1S/C21H22ClN3O6/c1-2-3-6-11-23-19(26)13-31-21(28)16-7-4-5-8-18(16)24-20(27)15-10-9-14(25(29)30)12-17(15)22/h4-5,7-10,12H,2-3,6,11,13H2,1H3,(H,23,26)(H,24,27). The Balaban J connectivity index is 2.03. The summed E-state index contributed by atoms with van der Waals surface area (Å²) in [6, 6.07) is 9.54. The first kappa shape index (κ1) is 23.8. The number of halogens is 1. The van der Waals surface area contributed by atoms with E-state index >= 15 is 0 Å². The van der Waals surface area contributed by atoms with E-state index in [0.717, 1.165) is 31.4 Å². The first-order chi connectivity index (χ1) is 14.8. The number of nitrogens with one attached hydrogen (secondary N) is 2. The second kappa shape index (κ2) is 11.7. The van der Waals surface area contributed by atoms with E-state index in [2.05, 4.69) is 17.6 Å². The normalized spacial score (nSPS) is 10.3. The lowest BCUT2D eigenvalue weighted by Gasteiger charge is -2.12. The molecular weight excluding hydrogens is 426 g/mol. The highest BCUT2D eigenvalue weighted by atomic mass is 35.5. The molecule has 2 rings (SSSR count). The van der Waals surface area contributed by atoms with Crippen molar-refractivity contribution in [1.29, 1.82) is 0 Å². The van der Waals surface area contributed by atoms with Crippen molar-refractivity contribution < 1.29 is 24.0 Å². The molecule has 0 bridgehead atoms. The minimum absolute atomic E-state index is 0.00175. The number of para-hydroxylation sites is 1. The molecule has 0 spiro atoms. The second-order valence-corrected chi connectivity index (χ2v) is 6.96. The van der Waals surface area contributed by atoms with Crippen LogP contribution in [0.4, 0.5) is 11.4 Å². The van der Waals surface area contributed by atoms with Crippen molar-refractivity contribution in [1.82, 2.24) is 5.32 Å². The van der Waals surface area contributed by atoms with Crippen LogP contribution < -0.4 is 10.6 Å². The summed E-state index contributed by atoms with van der Waals surface area (Å²) in [5, 5.41) is 15.9. The van der Waals surface area contributed by atoms with Crippen LogP contribution in [-0.4, -0.2) is 35.9 Å². The van der Waals surface area contributed by atoms with E-state index in [-0.39, 0.29) is 27.5 Å². The van der Waals surface area contributed by atoms with Crippen LogP contribution >= 0.6 is 11.6 Å². The van der Waals surface area contributed by atoms with Crippen molar-refractivity contribution in [3.8, 4) is 0 Å². The zero-order valence-corrected chi connectivity index (χ0v) is 17.6. The maximum absolute atomic E-state index is 12.5. The fraction of sp³-hybridized carbons (Fsp3) is 0.286. The minimum Gasteiger partial charge on any atom is -0.452 e. The number of esters is 1. The molecule has 2 amide bonds. The van der Waals surface area contributed by atoms with Gasteiger partial charge in [-0.1, -0.05) is 43.5 Å². The Labute approximate surface area is 183 Å². The molecule has 0 aliphatic heterocycles. The van der Waals surface area contributed by atoms with Gasteiger partial charge in [0.1, 0.15) is 0 Å². The number of amides is 2. The zero-order valence-electron chi connectivity index (χ0n) is 16.9. The summed E-state index contributed by atoms with van der Waals surface area (Å²) in [4.78, 5) is 46.9. The molecule has 9 nitrogen and oxygen atoms in total. The number of ether oxygens (including phenoxy) is 1. The van der Waals surface area contributed by atoms with Gasteiger partial charge in [-0.3, -0.25) is 19.7 Å². The number of rotatable bonds is 10. The number of anilines is 1. The van der Waals surface area contributed by atoms with Crippen molar-refractivity contribution in [2.24, 2.45) is 0 Å². The molecule has 0 aliphatic carbocycles. The first-order valence-electron chi connectivity index (χ1n) is 9.61. The maximum atomic E-state index is 12.5. The molecule has 0 atom stereocenters. The Morgan fingerprint density at radius 1 is 1.10 bits per heavy atom. The van der Waals surface area contributed by atoms with Gasteiger partial charge >= 0.3 is 5.97 Å². The number of hydrogen-bond donors (Lipinski definition) is 2. The fourth-order valence-corrected chi connectivity index (χ4v) is 2.88. The number of carbonyl (C=O) groups is 3. The van der Waals surface area contributed by atoms with Gasteiger partial charge in [-0.15, -0.1) is 0 Å². The van der Waals surface area contributed by atoms with Gasteiger partial charge in [-0.2, -0.15) is 0 Å². The third-order valence-corrected chi connectivity index (χ3v) is 4.55. The van der Waals surface area contributed by atoms with Gasteiger partial charge in [0.15, 0.2) is 6.61 Å². The molecule has 0 saturated heterocycles. The van der Waals surface area contributed by atoms with E-state index in [9.17, 15) is 24.5 Å². The highest BCUT2D eigenvalue weighted by Gasteiger charge is 2.19. The number of unbranched alkanes of at least 4 members (excludes halogenated alkanes) is 2. The molecule has 0 aliphatic rings. The summed E-state index contributed by atoms with van der Waals surface area (Å²) < 4.78 is 5.04. The molecule has 2 N–H and O–H groups in total. The van der Waals surface area contributed by atoms with E-state index < -0.39 is 29.3 Å². The van der Waals surface area contributed by atoms with E-state index in [0.29, 0.717) is 6.54 Å². The smallest absolute Gasteiger partial charge is 0.340 e. The fourth-order valence-electron chi connectivity index (χ4n) is 2.62. The number of non-ortho nitro benzene ring substituents is 1. The van der Waals surface area contributed by atoms with Crippen LogP contribution in [0.15, 0.2) is 42.5 Å². The molecule has 2 aromatic carbocycles. The molecule has 0 fully saturated rings. The first-order valence-corrected chi connectivity index (χ1v) is 9.99. The van der Waals surface area contributed by atoms with Gasteiger partial charge in [0, 0.05) is 18.7 Å². The van der Waals surface area contributed by atoms with Gasteiger partial charge in [-0.05, 0) is 24.6 Å². The third kappa shape index (κ3) is 7.07. The topological polar surface area (TPSA) is 128 Å². The molecule has 0 heterocycles. The number of carbonyl (C=O) groups excluding carboxylic acids is 3. The van der Waals surface area contributed by atoms with Crippen molar-refractivity contribution in [2.75, 3.05) is 18.5 Å². The molecule has 0 saturated carbocycles. The van der Waals surface area contributed by atoms with Crippen molar-refractivity contribution in [3.63, 3.8) is 0 Å². The third-order valence-electron chi connectivity index (χ3n) is 4.24. The van der Waals surface area contributed by atoms with Gasteiger partial charge in [-0.25, -0.2) is 4.79 Å². The van der Waals surface area contributed by atoms with Gasteiger partial charge < -0.3 is 15.4 Å². The molecular formula is C21H22ClN3O6. The Kier molecular flexibility index (Phi) is 8.95. The molecule has 0 radical (unpaired) electrons. The largest absolute Gasteiger partial charge is 0.452 e. The summed E-state index contributed by atoms with van der Waals surface area (Å²) in [6.45, 7) is 2.11. The van der Waals surface area contributed by atoms with E-state index in [1.54, 1.807) is 12.1 Å². The van der Waals surface area contributed by atoms with E-state index in [1.165, 1.54) is 18.2 Å². The number of nitro groups is 1. The molecule has 164 valence electrons. The SMILES string of the molecule is CCCCCNC(=O)COC(=O)c1ccccc1NC(=O)c1ccc([N+](=O)[O-])cc1Cl. The summed E-state index contributed by atoms with van der Waals surface area (Å²) in [7, 11) is 0. The van der Waals surface area contributed by atoms with Crippen LogP contribution in [0, 0.1) is 10.1 Å². The Morgan fingerprint density at radius 2 is 1.84 bits per heavy atom. The predicted octanol–water partition coefficient (Wildman–Crippen LogP) is 3.96. The van der Waals surface area contributed by atoms with Gasteiger partial charge in [0.2, 0.25) is 0 Å². The average molecular weight is 448 g/mol. The molecule has 2 aromatic rings. The van der Waals surface area contributed by atoms with E-state index in [4.69, 9.17) is 16.3 Å². The Morgan fingerprint density at radius 3 is 2.52 bits per heavy atom. The second-order valence-electron chi connectivity index (χ2n) is 6.55. The lowest BCUT2D eigenvalue weighted by molar-refractivity contribution is -0.384. The van der Waals surface area contributed by atoms with Crippen LogP contribution in [0.2, 0.25) is 5.02 Å². The maximum Gasteiger partial charge on any atom is 0.340 e. The summed E-state index contributed by atoms with van der Waals surface area (Å²) in [5.74, 6) is -1.85. The number of nitrogens with zero attached hydrogens (tertiary/aromatic N) is 1. The molecule has 0 aromatic heterocycles. The highest BCUT2D eigenvalue weighted by Crippen LogP contribution is 2.24. The highest BCUT2D eigenvalue weighted by molar-refractivity contribution is 6.34. The van der Waals surface area contributed by atoms with Crippen LogP contribution in [0.1, 0.15) is 46.9 Å². The van der Waals surface area contributed by atoms with Gasteiger partial charge in [0.25, 0.3) is 17.5 Å². The predicted molar refractivity (Wildman–Crippen MR) is 115 cm³/mol. The monoisotopic (exact) mass is 447 g/mol. The van der Waals surface area contributed by atoms with Crippen LogP contribution in [-0.2, 0) is 9.53 Å². The average Bonchev–Trinajstić information content (AvgIpc) is 2.75. The lowest BCUT2D eigenvalue weighted by atomic mass is 10.1. The minimum atomic E-state index is -0.783. The Hall–Kier alpha value is -3.46. The number of benzene rings is 2. The summed E-state index contributed by atoms with van der Waals surface area (Å²) in [6.07, 6.45) is 2.86. The summed E-state index contributed by atoms with van der Waals surface area (Å²) in [5.41, 5.74) is -0.0525. The number of hydrogen-bond acceptors (Lipinski definition) is 6. The van der Waals surface area contributed by atoms with Crippen molar-refractivity contribution >= 4 is 40.8 Å². The van der Waals surface area contributed by atoms with Crippen LogP contribution in [0.5, 0.6) is 0 Å². The zero-order chi connectivity index (χ0) is 22.8. The molecule has 31 heavy (non-hydrogen) atoms. The molecule has 0 unspecified atom stereocenters. The van der Waals surface area contributed by atoms with Gasteiger partial charge in [0.05, 0.1) is 26.8 Å². The van der Waals surface area contributed by atoms with E-state index in [1.807, 2.05) is 0 Å². The van der Waals surface area contributed by atoms with Crippen molar-refractivity contribution in [2.45, 2.75) is 26.2 Å².